The zero-order chi connectivity index (χ0) is 19.6. The molecule has 2 unspecified atom stereocenters. The molecule has 2 heterocycles. The van der Waals surface area contributed by atoms with Gasteiger partial charge in [-0.2, -0.15) is 0 Å². The maximum absolute atomic E-state index is 12.6. The zero-order valence-corrected chi connectivity index (χ0v) is 16.3. The highest BCUT2D eigenvalue weighted by molar-refractivity contribution is 7.93. The first kappa shape index (κ1) is 19.7. The topological polar surface area (TPSA) is 95.0 Å². The quantitative estimate of drug-likeness (QED) is 0.823. The van der Waals surface area contributed by atoms with Crippen molar-refractivity contribution in [1.29, 1.82) is 0 Å². The number of rotatable bonds is 5. The summed E-state index contributed by atoms with van der Waals surface area (Å²) in [6.45, 7) is 2.75. The third-order valence-corrected chi connectivity index (χ3v) is 7.37. The molecule has 0 aromatic heterocycles. The number of anilines is 1. The van der Waals surface area contributed by atoms with E-state index in [1.165, 1.54) is 4.31 Å². The van der Waals surface area contributed by atoms with Crippen molar-refractivity contribution in [3.05, 3.63) is 29.8 Å². The molecule has 2 fully saturated rings. The molecule has 148 valence electrons. The summed E-state index contributed by atoms with van der Waals surface area (Å²) in [5.74, 6) is -1.16. The number of piperidine rings is 1. The smallest absolute Gasteiger partial charge is 0.308 e. The SMILES string of the molecule is CC1CCC(C(=O)O)CN1C(=O)CCc1ccc(N2CCCS2(=O)=O)cc1. The first-order chi connectivity index (χ1) is 12.8. The largest absolute Gasteiger partial charge is 0.481 e. The van der Waals surface area contributed by atoms with Crippen molar-refractivity contribution < 1.29 is 23.1 Å². The number of carboxylic acids is 1. The number of benzene rings is 1. The molecular formula is C19H26N2O5S. The summed E-state index contributed by atoms with van der Waals surface area (Å²) in [6, 6.07) is 7.35. The van der Waals surface area contributed by atoms with Crippen LogP contribution in [0.25, 0.3) is 0 Å². The summed E-state index contributed by atoms with van der Waals surface area (Å²) in [6.07, 6.45) is 2.83. The van der Waals surface area contributed by atoms with E-state index in [1.54, 1.807) is 17.0 Å². The van der Waals surface area contributed by atoms with Crippen molar-refractivity contribution >= 4 is 27.6 Å². The Balaban J connectivity index is 1.58. The predicted octanol–water partition coefficient (Wildman–Crippen LogP) is 1.87. The number of hydrogen-bond acceptors (Lipinski definition) is 4. The van der Waals surface area contributed by atoms with Gasteiger partial charge in [-0.25, -0.2) is 8.42 Å². The number of sulfonamides is 1. The lowest BCUT2D eigenvalue weighted by Crippen LogP contribution is -2.47. The number of amides is 1. The van der Waals surface area contributed by atoms with Crippen LogP contribution in [0.15, 0.2) is 24.3 Å². The number of carbonyl (C=O) groups is 2. The van der Waals surface area contributed by atoms with E-state index >= 15 is 0 Å². The van der Waals surface area contributed by atoms with Gasteiger partial charge in [-0.3, -0.25) is 13.9 Å². The van der Waals surface area contributed by atoms with Gasteiger partial charge >= 0.3 is 5.97 Å². The van der Waals surface area contributed by atoms with E-state index in [-0.39, 0.29) is 24.2 Å². The molecule has 1 N–H and O–H groups in total. The van der Waals surface area contributed by atoms with Crippen molar-refractivity contribution in [2.24, 2.45) is 5.92 Å². The monoisotopic (exact) mass is 394 g/mol. The van der Waals surface area contributed by atoms with Crippen molar-refractivity contribution in [3.63, 3.8) is 0 Å². The minimum absolute atomic E-state index is 0.0281. The van der Waals surface area contributed by atoms with Crippen LogP contribution in [0.3, 0.4) is 0 Å². The fourth-order valence-corrected chi connectivity index (χ4v) is 5.37. The second-order valence-electron chi connectivity index (χ2n) is 7.42. The summed E-state index contributed by atoms with van der Waals surface area (Å²) in [5.41, 5.74) is 1.62. The molecule has 2 saturated heterocycles. The number of aliphatic carboxylic acids is 1. The van der Waals surface area contributed by atoms with Crippen LogP contribution in [0.1, 0.15) is 38.2 Å². The first-order valence-corrected chi connectivity index (χ1v) is 11.0. The van der Waals surface area contributed by atoms with E-state index in [1.807, 2.05) is 19.1 Å². The summed E-state index contributed by atoms with van der Waals surface area (Å²) < 4.78 is 25.4. The van der Waals surface area contributed by atoms with Gasteiger partial charge in [0.05, 0.1) is 17.4 Å². The van der Waals surface area contributed by atoms with Crippen LogP contribution in [-0.2, 0) is 26.0 Å². The molecule has 2 atom stereocenters. The fourth-order valence-electron chi connectivity index (χ4n) is 3.81. The molecule has 0 bridgehead atoms. The highest BCUT2D eigenvalue weighted by atomic mass is 32.2. The molecule has 0 aliphatic carbocycles. The highest BCUT2D eigenvalue weighted by Gasteiger charge is 2.32. The molecule has 1 amide bonds. The third-order valence-electron chi connectivity index (χ3n) is 5.50. The molecule has 3 rings (SSSR count). The lowest BCUT2D eigenvalue weighted by molar-refractivity contribution is -0.147. The molecule has 7 nitrogen and oxygen atoms in total. The number of nitrogens with zero attached hydrogens (tertiary/aromatic N) is 2. The van der Waals surface area contributed by atoms with E-state index in [2.05, 4.69) is 0 Å². The molecule has 0 radical (unpaired) electrons. The lowest BCUT2D eigenvalue weighted by Gasteiger charge is -2.36. The van der Waals surface area contributed by atoms with E-state index < -0.39 is 21.9 Å². The Morgan fingerprint density at radius 3 is 2.48 bits per heavy atom. The Hall–Kier alpha value is -2.09. The second-order valence-corrected chi connectivity index (χ2v) is 9.43. The lowest BCUT2D eigenvalue weighted by atomic mass is 9.93. The Kier molecular flexibility index (Phi) is 5.74. The van der Waals surface area contributed by atoms with E-state index in [0.717, 1.165) is 5.56 Å². The van der Waals surface area contributed by atoms with E-state index in [0.29, 0.717) is 44.3 Å². The first-order valence-electron chi connectivity index (χ1n) is 9.39. The second kappa shape index (κ2) is 7.88. The van der Waals surface area contributed by atoms with Crippen molar-refractivity contribution in [3.8, 4) is 0 Å². The fraction of sp³-hybridized carbons (Fsp3) is 0.579. The third kappa shape index (κ3) is 4.43. The van der Waals surface area contributed by atoms with Crippen molar-refractivity contribution in [2.45, 2.75) is 45.1 Å². The van der Waals surface area contributed by atoms with Gasteiger partial charge in [0, 0.05) is 25.6 Å². The van der Waals surface area contributed by atoms with E-state index in [9.17, 15) is 23.1 Å². The van der Waals surface area contributed by atoms with Crippen LogP contribution in [0, 0.1) is 5.92 Å². The molecule has 0 spiro atoms. The molecule has 8 heteroatoms. The number of carboxylic acid groups (broad SMARTS) is 1. The Morgan fingerprint density at radius 2 is 1.89 bits per heavy atom. The van der Waals surface area contributed by atoms with Gasteiger partial charge in [0.1, 0.15) is 0 Å². The number of aryl methyl sites for hydroxylation is 1. The maximum Gasteiger partial charge on any atom is 0.308 e. The van der Waals surface area contributed by atoms with Gasteiger partial charge in [-0.1, -0.05) is 12.1 Å². The molecule has 2 aliphatic heterocycles. The van der Waals surface area contributed by atoms with Crippen molar-refractivity contribution in [2.75, 3.05) is 23.1 Å². The normalized spacial score (nSPS) is 24.8. The molecule has 0 saturated carbocycles. The number of likely N-dealkylation sites (tertiary alicyclic amines) is 1. The van der Waals surface area contributed by atoms with Gasteiger partial charge in [-0.15, -0.1) is 0 Å². The molecule has 2 aliphatic rings. The number of carbonyl (C=O) groups excluding carboxylic acids is 1. The van der Waals surface area contributed by atoms with Gasteiger partial charge < -0.3 is 10.0 Å². The average Bonchev–Trinajstić information content (AvgIpc) is 2.99. The minimum atomic E-state index is -3.19. The Morgan fingerprint density at radius 1 is 1.19 bits per heavy atom. The van der Waals surface area contributed by atoms with Crippen LogP contribution in [0.5, 0.6) is 0 Å². The summed E-state index contributed by atoms with van der Waals surface area (Å²) >= 11 is 0. The van der Waals surface area contributed by atoms with Gasteiger partial charge in [0.15, 0.2) is 0 Å². The summed E-state index contributed by atoms with van der Waals surface area (Å²) in [5, 5.41) is 9.20. The number of hydrogen-bond donors (Lipinski definition) is 1. The minimum Gasteiger partial charge on any atom is -0.481 e. The molecule has 1 aromatic rings. The summed E-state index contributed by atoms with van der Waals surface area (Å²) in [4.78, 5) is 25.5. The average molecular weight is 394 g/mol. The predicted molar refractivity (Wildman–Crippen MR) is 102 cm³/mol. The van der Waals surface area contributed by atoms with Gasteiger partial charge in [0.25, 0.3) is 0 Å². The van der Waals surface area contributed by atoms with Gasteiger partial charge in [-0.05, 0) is 50.3 Å². The van der Waals surface area contributed by atoms with Crippen LogP contribution in [0.4, 0.5) is 5.69 Å². The molecular weight excluding hydrogens is 368 g/mol. The summed E-state index contributed by atoms with van der Waals surface area (Å²) in [7, 11) is -3.19. The Bertz CT molecular complexity index is 806. The van der Waals surface area contributed by atoms with Gasteiger partial charge in [0.2, 0.25) is 15.9 Å². The maximum atomic E-state index is 12.6. The van der Waals surface area contributed by atoms with Crippen LogP contribution >= 0.6 is 0 Å². The Labute approximate surface area is 160 Å². The van der Waals surface area contributed by atoms with Crippen LogP contribution < -0.4 is 4.31 Å². The molecule has 1 aromatic carbocycles. The highest BCUT2D eigenvalue weighted by Crippen LogP contribution is 2.25. The standard InChI is InChI=1S/C19H26N2O5S/c1-14-3-7-16(19(23)24)13-20(14)18(22)10-6-15-4-8-17(9-5-15)21-11-2-12-27(21,25)26/h4-5,8-9,14,16H,2-3,6-7,10-13H2,1H3,(H,23,24). The van der Waals surface area contributed by atoms with Crippen LogP contribution in [0.2, 0.25) is 0 Å². The molecule has 27 heavy (non-hydrogen) atoms. The van der Waals surface area contributed by atoms with Crippen molar-refractivity contribution in [1.82, 2.24) is 4.90 Å². The van der Waals surface area contributed by atoms with E-state index in [4.69, 9.17) is 0 Å². The zero-order valence-electron chi connectivity index (χ0n) is 15.5. The van der Waals surface area contributed by atoms with Crippen LogP contribution in [-0.4, -0.2) is 55.2 Å².